The molecule has 9 heteroatoms. The van der Waals surface area contributed by atoms with Crippen LogP contribution >= 0.6 is 0 Å². The first-order chi connectivity index (χ1) is 19.6. The third-order valence-electron chi connectivity index (χ3n) is 8.77. The van der Waals surface area contributed by atoms with Gasteiger partial charge in [0, 0.05) is 47.7 Å². The standard InChI is InChI=1S/C33H36F3N3O2S/c1-31(2)24-14-7-9-16-26(24)38(5)28(31)20-18-22-12-11-13-23(30(22)37-42(40,41)33(34,35)36)19-21-29-32(3,4)25-15-8-10-17-27(25)39(29)6/h7-10,14-21H,11-13H2,1-6H3/b22-18+,23-19+,28-20+,29-21+. The van der Waals surface area contributed by atoms with E-state index in [9.17, 15) is 21.6 Å². The number of likely N-dealkylation sites (N-methyl/N-ethyl adjacent to an activating group) is 2. The summed E-state index contributed by atoms with van der Waals surface area (Å²) in [4.78, 5) is 4.13. The van der Waals surface area contributed by atoms with Crippen molar-refractivity contribution in [2.24, 2.45) is 4.40 Å². The molecule has 0 N–H and O–H groups in total. The van der Waals surface area contributed by atoms with Crippen LogP contribution in [-0.2, 0) is 20.9 Å². The van der Waals surface area contributed by atoms with E-state index in [0.717, 1.165) is 33.9 Å². The van der Waals surface area contributed by atoms with Crippen molar-refractivity contribution in [1.82, 2.24) is 0 Å². The van der Waals surface area contributed by atoms with Crippen molar-refractivity contribution in [2.45, 2.75) is 63.3 Å². The molecule has 2 aromatic rings. The number of sulfonamides is 1. The second kappa shape index (κ2) is 10.3. The van der Waals surface area contributed by atoms with Crippen molar-refractivity contribution in [1.29, 1.82) is 0 Å². The summed E-state index contributed by atoms with van der Waals surface area (Å²) in [5.41, 5.74) is 0.945. The van der Waals surface area contributed by atoms with Crippen molar-refractivity contribution in [3.8, 4) is 0 Å². The lowest BCUT2D eigenvalue weighted by atomic mass is 9.82. The molecular formula is C33H36F3N3O2S. The lowest BCUT2D eigenvalue weighted by Crippen LogP contribution is -2.25. The molecule has 222 valence electrons. The van der Waals surface area contributed by atoms with E-state index in [1.165, 1.54) is 0 Å². The van der Waals surface area contributed by atoms with E-state index < -0.39 is 15.5 Å². The molecule has 0 radical (unpaired) electrons. The monoisotopic (exact) mass is 595 g/mol. The van der Waals surface area contributed by atoms with Gasteiger partial charge in [-0.05, 0) is 65.8 Å². The van der Waals surface area contributed by atoms with Crippen LogP contribution < -0.4 is 9.80 Å². The largest absolute Gasteiger partial charge is 0.518 e. The number of alkyl halides is 3. The Morgan fingerprint density at radius 1 is 0.738 bits per heavy atom. The Hall–Kier alpha value is -3.59. The lowest BCUT2D eigenvalue weighted by Gasteiger charge is -2.25. The smallest absolute Gasteiger partial charge is 0.347 e. The highest BCUT2D eigenvalue weighted by molar-refractivity contribution is 7.91. The van der Waals surface area contributed by atoms with Gasteiger partial charge in [-0.3, -0.25) is 0 Å². The zero-order valence-electron chi connectivity index (χ0n) is 24.7. The predicted octanol–water partition coefficient (Wildman–Crippen LogP) is 7.94. The third kappa shape index (κ3) is 4.91. The van der Waals surface area contributed by atoms with Crippen LogP contribution in [0.4, 0.5) is 24.5 Å². The van der Waals surface area contributed by atoms with Crippen LogP contribution in [0.5, 0.6) is 0 Å². The first kappa shape index (κ1) is 29.9. The third-order valence-corrected chi connectivity index (χ3v) is 9.78. The maximum absolute atomic E-state index is 13.5. The minimum atomic E-state index is -5.75. The van der Waals surface area contributed by atoms with Gasteiger partial charge in [0.25, 0.3) is 0 Å². The Balaban J connectivity index is 1.61. The van der Waals surface area contributed by atoms with Gasteiger partial charge >= 0.3 is 15.5 Å². The quantitative estimate of drug-likeness (QED) is 0.362. The zero-order chi connectivity index (χ0) is 30.7. The van der Waals surface area contributed by atoms with Gasteiger partial charge in [0.15, 0.2) is 0 Å². The molecule has 2 aliphatic heterocycles. The number of halogens is 3. The number of allylic oxidation sites excluding steroid dienone is 8. The molecule has 5 nitrogen and oxygen atoms in total. The number of hydrogen-bond acceptors (Lipinski definition) is 4. The Morgan fingerprint density at radius 3 is 1.52 bits per heavy atom. The van der Waals surface area contributed by atoms with E-state index in [2.05, 4.69) is 54.0 Å². The van der Waals surface area contributed by atoms with Gasteiger partial charge < -0.3 is 9.80 Å². The molecule has 0 saturated heterocycles. The first-order valence-corrected chi connectivity index (χ1v) is 15.4. The summed E-state index contributed by atoms with van der Waals surface area (Å²) in [6, 6.07) is 16.1. The van der Waals surface area contributed by atoms with Gasteiger partial charge in [0.1, 0.15) is 0 Å². The average Bonchev–Trinajstić information content (AvgIpc) is 3.24. The minimum absolute atomic E-state index is 0.126. The van der Waals surface area contributed by atoms with Crippen molar-refractivity contribution >= 4 is 27.1 Å². The Bertz CT molecular complexity index is 1590. The average molecular weight is 596 g/mol. The van der Waals surface area contributed by atoms with Gasteiger partial charge in [-0.25, -0.2) is 0 Å². The number of hydrogen-bond donors (Lipinski definition) is 0. The first-order valence-electron chi connectivity index (χ1n) is 14.0. The van der Waals surface area contributed by atoms with Crippen LogP contribution in [-0.4, -0.2) is 33.7 Å². The second-order valence-corrected chi connectivity index (χ2v) is 13.7. The minimum Gasteiger partial charge on any atom is -0.347 e. The highest BCUT2D eigenvalue weighted by atomic mass is 32.2. The van der Waals surface area contributed by atoms with Crippen LogP contribution in [0.25, 0.3) is 0 Å². The number of nitrogens with zero attached hydrogens (tertiary/aromatic N) is 3. The van der Waals surface area contributed by atoms with Gasteiger partial charge in [-0.2, -0.15) is 26.0 Å². The molecule has 0 unspecified atom stereocenters. The summed E-state index contributed by atoms with van der Waals surface area (Å²) >= 11 is 0. The highest BCUT2D eigenvalue weighted by Gasteiger charge is 2.47. The molecule has 0 bridgehead atoms. The fourth-order valence-corrected chi connectivity index (χ4v) is 7.07. The molecule has 5 rings (SSSR count). The van der Waals surface area contributed by atoms with E-state index in [4.69, 9.17) is 0 Å². The van der Waals surface area contributed by atoms with E-state index >= 15 is 0 Å². The van der Waals surface area contributed by atoms with Gasteiger partial charge in [-0.1, -0.05) is 76.2 Å². The summed E-state index contributed by atoms with van der Waals surface area (Å²) in [5.74, 6) is 0. The van der Waals surface area contributed by atoms with E-state index in [-0.39, 0.29) is 16.5 Å². The van der Waals surface area contributed by atoms with Crippen LogP contribution in [0.2, 0.25) is 0 Å². The van der Waals surface area contributed by atoms with E-state index in [1.54, 1.807) is 12.2 Å². The molecule has 0 aromatic heterocycles. The van der Waals surface area contributed by atoms with Crippen LogP contribution in [0.15, 0.2) is 99.8 Å². The summed E-state index contributed by atoms with van der Waals surface area (Å²) < 4.78 is 68.7. The Labute approximate surface area is 246 Å². The molecule has 2 heterocycles. The maximum atomic E-state index is 13.5. The summed E-state index contributed by atoms with van der Waals surface area (Å²) in [7, 11) is -1.84. The second-order valence-electron chi connectivity index (χ2n) is 12.1. The molecule has 3 aliphatic rings. The van der Waals surface area contributed by atoms with Crippen LogP contribution in [0.1, 0.15) is 58.1 Å². The molecule has 2 aromatic carbocycles. The van der Waals surface area contributed by atoms with Crippen molar-refractivity contribution in [2.75, 3.05) is 23.9 Å². The fourth-order valence-electron chi connectivity index (χ4n) is 6.49. The highest BCUT2D eigenvalue weighted by Crippen LogP contribution is 2.48. The molecule has 0 spiro atoms. The predicted molar refractivity (Wildman–Crippen MR) is 164 cm³/mol. The number of anilines is 2. The van der Waals surface area contributed by atoms with E-state index in [0.29, 0.717) is 30.4 Å². The molecule has 1 fully saturated rings. The molecule has 42 heavy (non-hydrogen) atoms. The Morgan fingerprint density at radius 2 is 1.14 bits per heavy atom. The Kier molecular flexibility index (Phi) is 7.33. The summed E-state index contributed by atoms with van der Waals surface area (Å²) in [6.45, 7) is 8.39. The molecule has 0 atom stereocenters. The molecule has 0 amide bonds. The van der Waals surface area contributed by atoms with Crippen molar-refractivity contribution in [3.63, 3.8) is 0 Å². The van der Waals surface area contributed by atoms with Crippen LogP contribution in [0.3, 0.4) is 0 Å². The van der Waals surface area contributed by atoms with Crippen LogP contribution in [0, 0.1) is 0 Å². The summed E-state index contributed by atoms with van der Waals surface area (Å²) in [6.07, 6.45) is 8.75. The maximum Gasteiger partial charge on any atom is 0.518 e. The zero-order valence-corrected chi connectivity index (χ0v) is 25.6. The number of fused-ring (bicyclic) bond motifs is 2. The van der Waals surface area contributed by atoms with Crippen molar-refractivity contribution in [3.05, 3.63) is 107 Å². The van der Waals surface area contributed by atoms with Gasteiger partial charge in [0.05, 0.1) is 5.71 Å². The lowest BCUT2D eigenvalue weighted by molar-refractivity contribution is -0.0435. The number of rotatable bonds is 3. The fraction of sp³-hybridized carbons (Fsp3) is 0.364. The summed E-state index contributed by atoms with van der Waals surface area (Å²) in [5, 5.41) is 0. The number of benzene rings is 2. The van der Waals surface area contributed by atoms with Gasteiger partial charge in [-0.15, -0.1) is 0 Å². The van der Waals surface area contributed by atoms with E-state index in [1.807, 2.05) is 62.6 Å². The normalized spacial score (nSPS) is 23.7. The van der Waals surface area contributed by atoms with Crippen molar-refractivity contribution < 1.29 is 21.6 Å². The van der Waals surface area contributed by atoms with Gasteiger partial charge in [0.2, 0.25) is 0 Å². The SMILES string of the molecule is CN1/C(=C/C=C2\CCC/C(=C\C=C3\N(C)c4ccccc4C3(C)C)C2=NS(=O)(=O)C(F)(F)F)C(C)(C)c2ccccc21. The molecule has 1 saturated carbocycles. The topological polar surface area (TPSA) is 53.0 Å². The number of para-hydroxylation sites is 2. The molecule has 1 aliphatic carbocycles. The molecular weight excluding hydrogens is 559 g/mol.